The minimum absolute atomic E-state index is 0.135. The fraction of sp³-hybridized carbons (Fsp3) is 0.208. The second kappa shape index (κ2) is 9.40. The first-order chi connectivity index (χ1) is 13.8. The van der Waals surface area contributed by atoms with E-state index >= 15 is 0 Å². The normalized spacial score (nSPS) is 12.6. The Morgan fingerprint density at radius 2 is 1.31 bits per heavy atom. The van der Waals surface area contributed by atoms with Crippen LogP contribution in [-0.4, -0.2) is 14.5 Å². The summed E-state index contributed by atoms with van der Waals surface area (Å²) in [6.45, 7) is 6.50. The first-order valence-electron chi connectivity index (χ1n) is 9.46. The van der Waals surface area contributed by atoms with Crippen LogP contribution in [0.1, 0.15) is 32.4 Å². The van der Waals surface area contributed by atoms with Crippen LogP contribution in [0.25, 0.3) is 0 Å². The Morgan fingerprint density at radius 3 is 1.72 bits per heavy atom. The van der Waals surface area contributed by atoms with Crippen LogP contribution in [0.15, 0.2) is 84.9 Å². The van der Waals surface area contributed by atoms with Gasteiger partial charge in [0.25, 0.3) is 9.04 Å². The average Bonchev–Trinajstić information content (AvgIpc) is 2.69. The summed E-state index contributed by atoms with van der Waals surface area (Å²) in [5.74, 6) is 0.415. The number of rotatable bonds is 6. The molecule has 0 aliphatic carbocycles. The van der Waals surface area contributed by atoms with Crippen LogP contribution in [-0.2, 0) is 4.43 Å². The summed E-state index contributed by atoms with van der Waals surface area (Å²) < 4.78 is 11.8. The molecule has 0 aliphatic heterocycles. The van der Waals surface area contributed by atoms with Crippen molar-refractivity contribution in [3.63, 3.8) is 0 Å². The van der Waals surface area contributed by atoms with E-state index in [1.165, 1.54) is 10.4 Å². The maximum atomic E-state index is 11.0. The van der Waals surface area contributed by atoms with E-state index in [1.807, 2.05) is 48.5 Å². The summed E-state index contributed by atoms with van der Waals surface area (Å²) in [6.07, 6.45) is -0.141. The number of carbonyl (C=O) groups is 1. The summed E-state index contributed by atoms with van der Waals surface area (Å²) in [5, 5.41) is 2.40. The minimum Gasteiger partial charge on any atom is -0.415 e. The van der Waals surface area contributed by atoms with E-state index in [0.29, 0.717) is 5.75 Å². The molecule has 5 heteroatoms. The molecule has 0 amide bonds. The van der Waals surface area contributed by atoms with Crippen molar-refractivity contribution in [2.75, 3.05) is 0 Å². The summed E-state index contributed by atoms with van der Waals surface area (Å²) in [5.41, 5.74) is 0.0470. The van der Waals surface area contributed by atoms with Crippen LogP contribution >= 0.6 is 11.6 Å². The molecule has 0 saturated heterocycles. The second-order valence-corrected chi connectivity index (χ2v) is 10.2. The molecule has 0 aromatic heterocycles. The van der Waals surface area contributed by atoms with Crippen LogP contribution in [0.4, 0.5) is 4.79 Å². The zero-order valence-corrected chi connectivity index (χ0v) is 18.5. The van der Waals surface area contributed by atoms with E-state index in [1.54, 1.807) is 12.1 Å². The van der Waals surface area contributed by atoms with Gasteiger partial charge in [0, 0.05) is 11.6 Å². The van der Waals surface area contributed by atoms with Gasteiger partial charge in [0.05, 0.1) is 6.10 Å². The predicted molar refractivity (Wildman–Crippen MR) is 120 cm³/mol. The van der Waals surface area contributed by atoms with Gasteiger partial charge in [-0.1, -0.05) is 93.6 Å². The lowest BCUT2D eigenvalue weighted by atomic mass is 9.85. The Labute approximate surface area is 179 Å². The summed E-state index contributed by atoms with van der Waals surface area (Å²) in [6, 6.07) is 28.1. The molecule has 3 aromatic rings. The highest BCUT2D eigenvalue weighted by Crippen LogP contribution is 2.37. The SMILES string of the molecule is CC(C)(C)C(O[Si](c1ccccc1)c1ccccc1)c1ccc(OC(=O)Cl)cc1. The number of ether oxygens (including phenoxy) is 1. The molecule has 1 radical (unpaired) electrons. The molecule has 3 nitrogen and oxygen atoms in total. The van der Waals surface area contributed by atoms with Gasteiger partial charge in [0.2, 0.25) is 0 Å². The zero-order chi connectivity index (χ0) is 20.9. The first kappa shape index (κ1) is 21.3. The van der Waals surface area contributed by atoms with Crippen molar-refractivity contribution in [1.29, 1.82) is 0 Å². The Bertz CT molecular complexity index is 882. The molecule has 0 spiro atoms. The third-order valence-electron chi connectivity index (χ3n) is 4.48. The number of benzene rings is 3. The quantitative estimate of drug-likeness (QED) is 0.397. The Kier molecular flexibility index (Phi) is 6.90. The molecule has 29 heavy (non-hydrogen) atoms. The van der Waals surface area contributed by atoms with Crippen molar-refractivity contribution >= 4 is 36.4 Å². The van der Waals surface area contributed by atoms with E-state index in [-0.39, 0.29) is 11.5 Å². The van der Waals surface area contributed by atoms with E-state index in [0.717, 1.165) is 5.56 Å². The lowest BCUT2D eigenvalue weighted by Crippen LogP contribution is -2.47. The molecule has 0 saturated carbocycles. The topological polar surface area (TPSA) is 35.5 Å². The van der Waals surface area contributed by atoms with E-state index < -0.39 is 14.5 Å². The van der Waals surface area contributed by atoms with Gasteiger partial charge >= 0.3 is 5.43 Å². The van der Waals surface area contributed by atoms with Gasteiger partial charge in [0.15, 0.2) is 0 Å². The largest absolute Gasteiger partial charge is 0.415 e. The molecular formula is C24H24ClO3Si. The minimum atomic E-state index is -1.46. The van der Waals surface area contributed by atoms with Crippen LogP contribution in [0.5, 0.6) is 5.75 Å². The summed E-state index contributed by atoms with van der Waals surface area (Å²) in [7, 11) is -1.46. The maximum absolute atomic E-state index is 11.0. The number of carbonyl (C=O) groups excluding carboxylic acids is 1. The third kappa shape index (κ3) is 5.79. The van der Waals surface area contributed by atoms with Crippen molar-refractivity contribution in [1.82, 2.24) is 0 Å². The fourth-order valence-corrected chi connectivity index (χ4v) is 5.56. The molecular weight excluding hydrogens is 400 g/mol. The molecule has 3 aromatic carbocycles. The highest BCUT2D eigenvalue weighted by atomic mass is 35.5. The van der Waals surface area contributed by atoms with Crippen molar-refractivity contribution in [2.45, 2.75) is 26.9 Å². The molecule has 149 valence electrons. The first-order valence-corrected chi connectivity index (χ1v) is 11.2. The molecule has 1 atom stereocenters. The predicted octanol–water partition coefficient (Wildman–Crippen LogP) is 5.33. The van der Waals surface area contributed by atoms with Gasteiger partial charge in [-0.05, 0) is 33.5 Å². The van der Waals surface area contributed by atoms with Crippen molar-refractivity contribution in [3.8, 4) is 5.75 Å². The van der Waals surface area contributed by atoms with Crippen molar-refractivity contribution in [2.24, 2.45) is 5.41 Å². The molecule has 1 unspecified atom stereocenters. The number of hydrogen-bond acceptors (Lipinski definition) is 3. The summed E-state index contributed by atoms with van der Waals surface area (Å²) >= 11 is 5.31. The van der Waals surface area contributed by atoms with Crippen LogP contribution in [0.3, 0.4) is 0 Å². The van der Waals surface area contributed by atoms with Crippen LogP contribution in [0.2, 0.25) is 0 Å². The van der Waals surface area contributed by atoms with Crippen LogP contribution in [0, 0.1) is 5.41 Å². The average molecular weight is 424 g/mol. The third-order valence-corrected chi connectivity index (χ3v) is 6.74. The van der Waals surface area contributed by atoms with Gasteiger partial charge < -0.3 is 9.16 Å². The molecule has 0 aliphatic rings. The lowest BCUT2D eigenvalue weighted by molar-refractivity contribution is 0.0896. The Balaban J connectivity index is 1.96. The van der Waals surface area contributed by atoms with E-state index in [9.17, 15) is 4.79 Å². The van der Waals surface area contributed by atoms with Gasteiger partial charge in [-0.3, -0.25) is 0 Å². The van der Waals surface area contributed by atoms with Gasteiger partial charge in [0.1, 0.15) is 5.75 Å². The second-order valence-electron chi connectivity index (χ2n) is 7.83. The maximum Gasteiger partial charge on any atom is 0.409 e. The van der Waals surface area contributed by atoms with Crippen molar-refractivity contribution < 1.29 is 14.0 Å². The smallest absolute Gasteiger partial charge is 0.409 e. The molecule has 0 heterocycles. The monoisotopic (exact) mass is 423 g/mol. The van der Waals surface area contributed by atoms with Gasteiger partial charge in [-0.2, -0.15) is 0 Å². The molecule has 0 fully saturated rings. The number of halogens is 1. The summed E-state index contributed by atoms with van der Waals surface area (Å²) in [4.78, 5) is 11.0. The zero-order valence-electron chi connectivity index (χ0n) is 16.8. The Morgan fingerprint density at radius 1 is 0.828 bits per heavy atom. The standard InChI is InChI=1S/C24H24ClO3Si/c1-24(2,3)22(18-14-16-19(17-15-18)27-23(25)26)28-29(20-10-6-4-7-11-20)21-12-8-5-9-13-21/h4-17,22H,1-3H3. The van der Waals surface area contributed by atoms with Gasteiger partial charge in [-0.25, -0.2) is 4.79 Å². The lowest BCUT2D eigenvalue weighted by Gasteiger charge is -2.34. The molecule has 3 rings (SSSR count). The molecule has 0 bridgehead atoms. The van der Waals surface area contributed by atoms with Crippen LogP contribution < -0.4 is 15.1 Å². The highest BCUT2D eigenvalue weighted by molar-refractivity contribution is 6.80. The highest BCUT2D eigenvalue weighted by Gasteiger charge is 2.32. The fourth-order valence-electron chi connectivity index (χ4n) is 3.15. The Hall–Kier alpha value is -2.40. The van der Waals surface area contributed by atoms with E-state index in [2.05, 4.69) is 45.0 Å². The number of hydrogen-bond donors (Lipinski definition) is 0. The van der Waals surface area contributed by atoms with Gasteiger partial charge in [-0.15, -0.1) is 0 Å². The van der Waals surface area contributed by atoms with Crippen molar-refractivity contribution in [3.05, 3.63) is 90.5 Å². The molecule has 0 N–H and O–H groups in total. The van der Waals surface area contributed by atoms with E-state index in [4.69, 9.17) is 20.8 Å².